The Balaban J connectivity index is 2.38. The second-order valence-corrected chi connectivity index (χ2v) is 6.77. The Labute approximate surface area is 97.2 Å². The van der Waals surface area contributed by atoms with E-state index in [2.05, 4.69) is 49.6 Å². The smallest absolute Gasteiger partial charge is 0.0292 e. The Hall–Kier alpha value is 0.660. The van der Waals surface area contributed by atoms with E-state index in [1.54, 1.807) is 0 Å². The monoisotopic (exact) mass is 233 g/mol. The highest BCUT2D eigenvalue weighted by atomic mass is 32.2. The first-order valence-electron chi connectivity index (χ1n) is 5.66. The zero-order valence-electron chi connectivity index (χ0n) is 9.58. The third kappa shape index (κ3) is 4.45. The van der Waals surface area contributed by atoms with E-state index < -0.39 is 0 Å². The van der Waals surface area contributed by atoms with Gasteiger partial charge in [0, 0.05) is 28.6 Å². The second kappa shape index (κ2) is 7.02. The molecule has 2 atom stereocenters. The first-order valence-corrected chi connectivity index (χ1v) is 7.87. The molecule has 0 amide bonds. The van der Waals surface area contributed by atoms with Crippen LogP contribution in [-0.4, -0.2) is 35.1 Å². The number of rotatable bonds is 5. The lowest BCUT2D eigenvalue weighted by Crippen LogP contribution is -2.41. The van der Waals surface area contributed by atoms with Gasteiger partial charge in [-0.2, -0.15) is 23.5 Å². The van der Waals surface area contributed by atoms with Crippen molar-refractivity contribution in [2.45, 2.75) is 38.5 Å². The van der Waals surface area contributed by atoms with Crippen molar-refractivity contribution in [2.24, 2.45) is 5.92 Å². The maximum absolute atomic E-state index is 3.65. The molecule has 1 aliphatic heterocycles. The van der Waals surface area contributed by atoms with Crippen LogP contribution in [0.1, 0.15) is 27.2 Å². The Kier molecular flexibility index (Phi) is 6.38. The summed E-state index contributed by atoms with van der Waals surface area (Å²) in [7, 11) is 0. The Morgan fingerprint density at radius 2 is 2.14 bits per heavy atom. The summed E-state index contributed by atoms with van der Waals surface area (Å²) in [5.41, 5.74) is 0. The van der Waals surface area contributed by atoms with Crippen LogP contribution in [0.3, 0.4) is 0 Å². The van der Waals surface area contributed by atoms with Crippen molar-refractivity contribution in [3.8, 4) is 0 Å². The van der Waals surface area contributed by atoms with E-state index in [-0.39, 0.29) is 0 Å². The van der Waals surface area contributed by atoms with Gasteiger partial charge in [-0.25, -0.2) is 0 Å². The molecule has 1 nitrogen and oxygen atoms in total. The molecule has 0 aromatic heterocycles. The minimum atomic E-state index is 0.734. The summed E-state index contributed by atoms with van der Waals surface area (Å²) in [5.74, 6) is 4.85. The van der Waals surface area contributed by atoms with Gasteiger partial charge in [0.15, 0.2) is 0 Å². The van der Waals surface area contributed by atoms with Gasteiger partial charge in [0.05, 0.1) is 0 Å². The fourth-order valence-electron chi connectivity index (χ4n) is 1.87. The predicted octanol–water partition coefficient (Wildman–Crippen LogP) is 2.86. The van der Waals surface area contributed by atoms with E-state index in [0.29, 0.717) is 0 Å². The van der Waals surface area contributed by atoms with Gasteiger partial charge >= 0.3 is 0 Å². The quantitative estimate of drug-likeness (QED) is 0.784. The molecule has 3 heteroatoms. The van der Waals surface area contributed by atoms with E-state index in [4.69, 9.17) is 0 Å². The van der Waals surface area contributed by atoms with Crippen LogP contribution < -0.4 is 5.32 Å². The Morgan fingerprint density at radius 3 is 2.64 bits per heavy atom. The maximum atomic E-state index is 3.65. The molecule has 1 saturated heterocycles. The minimum absolute atomic E-state index is 0.734. The summed E-state index contributed by atoms with van der Waals surface area (Å²) in [4.78, 5) is 0. The number of nitrogens with one attached hydrogen (secondary N) is 1. The lowest BCUT2D eigenvalue weighted by molar-refractivity contribution is 0.425. The van der Waals surface area contributed by atoms with E-state index in [9.17, 15) is 0 Å². The summed E-state index contributed by atoms with van der Waals surface area (Å²) in [5, 5.41) is 4.49. The van der Waals surface area contributed by atoms with Crippen LogP contribution in [0.4, 0.5) is 0 Å². The third-order valence-corrected chi connectivity index (χ3v) is 5.40. The fourth-order valence-corrected chi connectivity index (χ4v) is 4.78. The van der Waals surface area contributed by atoms with Crippen molar-refractivity contribution in [1.29, 1.82) is 0 Å². The SMILES string of the molecule is CCNC(CC(C)C)C1CSCCS1. The van der Waals surface area contributed by atoms with Crippen molar-refractivity contribution < 1.29 is 0 Å². The van der Waals surface area contributed by atoms with E-state index in [1.165, 1.54) is 23.7 Å². The van der Waals surface area contributed by atoms with Gasteiger partial charge < -0.3 is 5.32 Å². The minimum Gasteiger partial charge on any atom is -0.313 e. The van der Waals surface area contributed by atoms with Gasteiger partial charge in [-0.05, 0) is 18.9 Å². The van der Waals surface area contributed by atoms with Crippen LogP contribution in [0.2, 0.25) is 0 Å². The molecule has 0 aliphatic carbocycles. The predicted molar refractivity (Wildman–Crippen MR) is 70.5 cm³/mol. The van der Waals surface area contributed by atoms with Crippen molar-refractivity contribution in [3.63, 3.8) is 0 Å². The molecule has 1 rings (SSSR count). The number of hydrogen-bond acceptors (Lipinski definition) is 3. The highest BCUT2D eigenvalue weighted by Gasteiger charge is 2.24. The fraction of sp³-hybridized carbons (Fsp3) is 1.00. The van der Waals surface area contributed by atoms with Crippen LogP contribution in [0.15, 0.2) is 0 Å². The topological polar surface area (TPSA) is 12.0 Å². The standard InChI is InChI=1S/C11H23NS2/c1-4-12-10(7-9(2)3)11-8-13-5-6-14-11/h9-12H,4-8H2,1-3H3. The summed E-state index contributed by atoms with van der Waals surface area (Å²) in [6.07, 6.45) is 1.33. The van der Waals surface area contributed by atoms with Gasteiger partial charge in [0.2, 0.25) is 0 Å². The maximum Gasteiger partial charge on any atom is 0.0292 e. The average molecular weight is 233 g/mol. The van der Waals surface area contributed by atoms with E-state index in [1.807, 2.05) is 0 Å². The third-order valence-electron chi connectivity index (χ3n) is 2.48. The molecule has 0 aromatic carbocycles. The number of hydrogen-bond donors (Lipinski definition) is 1. The highest BCUT2D eigenvalue weighted by molar-refractivity contribution is 8.06. The van der Waals surface area contributed by atoms with E-state index in [0.717, 1.165) is 23.8 Å². The van der Waals surface area contributed by atoms with Crippen LogP contribution in [0.25, 0.3) is 0 Å². The highest BCUT2D eigenvalue weighted by Crippen LogP contribution is 2.28. The van der Waals surface area contributed by atoms with Crippen LogP contribution in [0, 0.1) is 5.92 Å². The Bertz CT molecular complexity index is 144. The molecule has 0 bridgehead atoms. The molecule has 0 aromatic rings. The molecule has 1 heterocycles. The van der Waals surface area contributed by atoms with Crippen molar-refractivity contribution in [1.82, 2.24) is 5.32 Å². The first kappa shape index (κ1) is 12.7. The first-order chi connectivity index (χ1) is 6.74. The van der Waals surface area contributed by atoms with Gasteiger partial charge in [0.1, 0.15) is 0 Å². The van der Waals surface area contributed by atoms with Gasteiger partial charge in [-0.1, -0.05) is 20.8 Å². The summed E-state index contributed by atoms with van der Waals surface area (Å²) < 4.78 is 0. The molecule has 0 spiro atoms. The second-order valence-electron chi connectivity index (χ2n) is 4.28. The van der Waals surface area contributed by atoms with Crippen molar-refractivity contribution in [2.75, 3.05) is 23.8 Å². The molecular weight excluding hydrogens is 210 g/mol. The van der Waals surface area contributed by atoms with Crippen LogP contribution in [-0.2, 0) is 0 Å². The molecule has 1 aliphatic rings. The summed E-state index contributed by atoms with van der Waals surface area (Å²) in [6.45, 7) is 7.98. The Morgan fingerprint density at radius 1 is 1.36 bits per heavy atom. The molecular formula is C11H23NS2. The molecule has 0 radical (unpaired) electrons. The molecule has 0 saturated carbocycles. The lowest BCUT2D eigenvalue weighted by Gasteiger charge is -2.31. The van der Waals surface area contributed by atoms with Gasteiger partial charge in [0.25, 0.3) is 0 Å². The van der Waals surface area contributed by atoms with Crippen LogP contribution >= 0.6 is 23.5 Å². The molecule has 84 valence electrons. The normalized spacial score (nSPS) is 25.3. The largest absolute Gasteiger partial charge is 0.313 e. The van der Waals surface area contributed by atoms with Gasteiger partial charge in [-0.3, -0.25) is 0 Å². The van der Waals surface area contributed by atoms with Crippen molar-refractivity contribution in [3.05, 3.63) is 0 Å². The number of thioether (sulfide) groups is 2. The molecule has 1 N–H and O–H groups in total. The molecule has 2 unspecified atom stereocenters. The van der Waals surface area contributed by atoms with Crippen LogP contribution in [0.5, 0.6) is 0 Å². The summed E-state index contributed by atoms with van der Waals surface area (Å²) in [6, 6.07) is 0.734. The average Bonchev–Trinajstić information content (AvgIpc) is 2.18. The molecule has 1 fully saturated rings. The summed E-state index contributed by atoms with van der Waals surface area (Å²) >= 11 is 4.29. The zero-order valence-corrected chi connectivity index (χ0v) is 11.2. The van der Waals surface area contributed by atoms with Gasteiger partial charge in [-0.15, -0.1) is 0 Å². The lowest BCUT2D eigenvalue weighted by atomic mass is 10.0. The molecule has 14 heavy (non-hydrogen) atoms. The zero-order chi connectivity index (χ0) is 10.4. The van der Waals surface area contributed by atoms with Crippen molar-refractivity contribution >= 4 is 23.5 Å². The van der Waals surface area contributed by atoms with E-state index >= 15 is 0 Å².